The molecular weight excluding hydrogens is 462 g/mol. The number of carbonyl (C=O) groups excluding carboxylic acids is 2. The van der Waals surface area contributed by atoms with Crippen LogP contribution in [0.15, 0.2) is 36.5 Å². The number of likely N-dealkylation sites (tertiary alicyclic amines) is 1. The number of aliphatic hydroxyl groups is 1. The molecule has 2 N–H and O–H groups in total. The SMILES string of the molecule is O=C(N[C@H](C(=O)N1C[C@H](Cl)[C@H]2OC[C@H](O)[C@H]21)C1CCCCC1)c1ccc(-c2ccccn2)s1. The van der Waals surface area contributed by atoms with E-state index in [1.54, 1.807) is 17.2 Å². The van der Waals surface area contributed by atoms with Crippen LogP contribution in [0.5, 0.6) is 0 Å². The third-order valence-corrected chi connectivity index (χ3v) is 8.47. The van der Waals surface area contributed by atoms with E-state index in [2.05, 4.69) is 10.3 Å². The van der Waals surface area contributed by atoms with Gasteiger partial charge in [-0.3, -0.25) is 14.6 Å². The van der Waals surface area contributed by atoms with Gasteiger partial charge in [-0.15, -0.1) is 22.9 Å². The van der Waals surface area contributed by atoms with E-state index in [9.17, 15) is 14.7 Å². The fourth-order valence-electron chi connectivity index (χ4n) is 5.33. The zero-order chi connectivity index (χ0) is 22.9. The van der Waals surface area contributed by atoms with Gasteiger partial charge >= 0.3 is 0 Å². The van der Waals surface area contributed by atoms with Crippen molar-refractivity contribution in [2.24, 2.45) is 5.92 Å². The first-order valence-electron chi connectivity index (χ1n) is 11.6. The molecule has 176 valence electrons. The van der Waals surface area contributed by atoms with Gasteiger partial charge in [0.1, 0.15) is 12.1 Å². The third-order valence-electron chi connectivity index (χ3n) is 6.98. The first-order chi connectivity index (χ1) is 16.0. The molecule has 2 saturated heterocycles. The molecule has 4 heterocycles. The number of aliphatic hydroxyl groups excluding tert-OH is 1. The Bertz CT molecular complexity index is 997. The van der Waals surface area contributed by atoms with Crippen molar-refractivity contribution in [1.29, 1.82) is 0 Å². The molecule has 7 nitrogen and oxygen atoms in total. The Balaban J connectivity index is 1.36. The summed E-state index contributed by atoms with van der Waals surface area (Å²) in [5, 5.41) is 13.1. The second-order valence-corrected chi connectivity index (χ2v) is 10.7. The molecule has 0 spiro atoms. The largest absolute Gasteiger partial charge is 0.388 e. The quantitative estimate of drug-likeness (QED) is 0.630. The highest BCUT2D eigenvalue weighted by Crippen LogP contribution is 2.35. The van der Waals surface area contributed by atoms with E-state index < -0.39 is 18.2 Å². The van der Waals surface area contributed by atoms with Crippen LogP contribution in [0, 0.1) is 5.92 Å². The van der Waals surface area contributed by atoms with Gasteiger partial charge in [-0.2, -0.15) is 0 Å². The standard InChI is InChI=1S/C24H28ClN3O4S/c25-15-12-28(21-17(29)13-32-22(15)21)24(31)20(14-6-2-1-3-7-14)27-23(30)19-10-9-18(33-19)16-8-4-5-11-26-16/h4-5,8-11,14-15,17,20-22,29H,1-3,6-7,12-13H2,(H,27,30)/t15-,17-,20-,21+,22+/m0/s1. The van der Waals surface area contributed by atoms with E-state index in [0.717, 1.165) is 42.7 Å². The highest BCUT2D eigenvalue weighted by molar-refractivity contribution is 7.17. The molecule has 3 fully saturated rings. The molecule has 0 aromatic carbocycles. The van der Waals surface area contributed by atoms with Gasteiger partial charge in [0.25, 0.3) is 5.91 Å². The van der Waals surface area contributed by atoms with Crippen molar-refractivity contribution in [1.82, 2.24) is 15.2 Å². The number of halogens is 1. The van der Waals surface area contributed by atoms with Gasteiger partial charge in [0.2, 0.25) is 5.91 Å². The second-order valence-electron chi connectivity index (χ2n) is 9.09. The van der Waals surface area contributed by atoms with Crippen LogP contribution >= 0.6 is 22.9 Å². The fourth-order valence-corrected chi connectivity index (χ4v) is 6.58. The van der Waals surface area contributed by atoms with Gasteiger partial charge in [-0.1, -0.05) is 25.3 Å². The first-order valence-corrected chi connectivity index (χ1v) is 12.8. The average molecular weight is 490 g/mol. The summed E-state index contributed by atoms with van der Waals surface area (Å²) in [5.41, 5.74) is 0.813. The lowest BCUT2D eigenvalue weighted by Crippen LogP contribution is -2.55. The van der Waals surface area contributed by atoms with E-state index in [0.29, 0.717) is 11.4 Å². The van der Waals surface area contributed by atoms with Crippen molar-refractivity contribution in [3.05, 3.63) is 41.4 Å². The van der Waals surface area contributed by atoms with Gasteiger partial charge in [-0.25, -0.2) is 0 Å². The molecular formula is C24H28ClN3O4S. The summed E-state index contributed by atoms with van der Waals surface area (Å²) in [5.74, 6) is -0.357. The van der Waals surface area contributed by atoms with Crippen molar-refractivity contribution < 1.29 is 19.4 Å². The molecule has 2 aliphatic heterocycles. The van der Waals surface area contributed by atoms with Gasteiger partial charge in [0.15, 0.2) is 0 Å². The lowest BCUT2D eigenvalue weighted by Gasteiger charge is -2.35. The van der Waals surface area contributed by atoms with E-state index in [1.165, 1.54) is 11.3 Å². The van der Waals surface area contributed by atoms with Crippen molar-refractivity contribution in [3.63, 3.8) is 0 Å². The number of fused-ring (bicyclic) bond motifs is 1. The average Bonchev–Trinajstić information content (AvgIpc) is 3.56. The predicted octanol–water partition coefficient (Wildman–Crippen LogP) is 3.07. The number of alkyl halides is 1. The molecule has 1 saturated carbocycles. The topological polar surface area (TPSA) is 91.8 Å². The highest BCUT2D eigenvalue weighted by Gasteiger charge is 2.53. The number of amides is 2. The maximum Gasteiger partial charge on any atom is 0.262 e. The summed E-state index contributed by atoms with van der Waals surface area (Å²) in [6, 6.07) is 8.23. The number of thiophene rings is 1. The van der Waals surface area contributed by atoms with Gasteiger partial charge < -0.3 is 20.1 Å². The summed E-state index contributed by atoms with van der Waals surface area (Å²) in [7, 11) is 0. The van der Waals surface area contributed by atoms with Crippen molar-refractivity contribution in [2.75, 3.05) is 13.2 Å². The normalized spacial score (nSPS) is 28.5. The van der Waals surface area contributed by atoms with Crippen LogP contribution in [0.1, 0.15) is 41.8 Å². The third kappa shape index (κ3) is 4.54. The Morgan fingerprint density at radius 3 is 2.79 bits per heavy atom. The number of nitrogens with one attached hydrogen (secondary N) is 1. The maximum absolute atomic E-state index is 13.8. The number of aromatic nitrogens is 1. The minimum absolute atomic E-state index is 0.0673. The number of pyridine rings is 1. The monoisotopic (exact) mass is 489 g/mol. The van der Waals surface area contributed by atoms with Crippen molar-refractivity contribution in [2.45, 2.75) is 61.8 Å². The number of rotatable bonds is 5. The minimum atomic E-state index is -0.761. The van der Waals surface area contributed by atoms with Crippen LogP contribution in [0.25, 0.3) is 10.6 Å². The highest BCUT2D eigenvalue weighted by atomic mass is 35.5. The first kappa shape index (κ1) is 22.8. The maximum atomic E-state index is 13.8. The molecule has 2 amide bonds. The lowest BCUT2D eigenvalue weighted by molar-refractivity contribution is -0.137. The number of hydrogen-bond donors (Lipinski definition) is 2. The summed E-state index contributed by atoms with van der Waals surface area (Å²) in [6.07, 6.45) is 5.62. The van der Waals surface area contributed by atoms with Gasteiger partial charge in [-0.05, 0) is 43.0 Å². The fraction of sp³-hybridized carbons (Fsp3) is 0.542. The smallest absolute Gasteiger partial charge is 0.262 e. The second kappa shape index (κ2) is 9.70. The van der Waals surface area contributed by atoms with E-state index in [4.69, 9.17) is 16.3 Å². The predicted molar refractivity (Wildman–Crippen MR) is 126 cm³/mol. The number of carbonyl (C=O) groups is 2. The summed E-state index contributed by atoms with van der Waals surface area (Å²) < 4.78 is 5.63. The minimum Gasteiger partial charge on any atom is -0.388 e. The van der Waals surface area contributed by atoms with Crippen LogP contribution in [0.2, 0.25) is 0 Å². The van der Waals surface area contributed by atoms with Crippen LogP contribution in [0.4, 0.5) is 0 Å². The van der Waals surface area contributed by atoms with Crippen molar-refractivity contribution >= 4 is 34.8 Å². The zero-order valence-electron chi connectivity index (χ0n) is 18.2. The number of ether oxygens (including phenoxy) is 1. The Kier molecular flexibility index (Phi) is 6.69. The molecule has 2 aromatic rings. The van der Waals surface area contributed by atoms with Gasteiger partial charge in [0.05, 0.1) is 39.6 Å². The molecule has 1 aliphatic carbocycles. The van der Waals surface area contributed by atoms with Crippen molar-refractivity contribution in [3.8, 4) is 10.6 Å². The van der Waals surface area contributed by atoms with Crippen LogP contribution < -0.4 is 5.32 Å². The number of hydrogen-bond acceptors (Lipinski definition) is 6. The molecule has 0 unspecified atom stereocenters. The molecule has 3 aliphatic rings. The Hall–Kier alpha value is -2.00. The molecule has 9 heteroatoms. The van der Waals surface area contributed by atoms with E-state index in [1.807, 2.05) is 24.3 Å². The zero-order valence-corrected chi connectivity index (χ0v) is 19.8. The molecule has 2 aromatic heterocycles. The molecule has 0 radical (unpaired) electrons. The summed E-state index contributed by atoms with van der Waals surface area (Å²) >= 11 is 7.81. The Morgan fingerprint density at radius 1 is 1.21 bits per heavy atom. The van der Waals surface area contributed by atoms with Crippen LogP contribution in [-0.2, 0) is 9.53 Å². The molecule has 33 heavy (non-hydrogen) atoms. The lowest BCUT2D eigenvalue weighted by atomic mass is 9.83. The van der Waals surface area contributed by atoms with Gasteiger partial charge in [0, 0.05) is 12.7 Å². The number of nitrogens with zero attached hydrogens (tertiary/aromatic N) is 2. The molecule has 5 rings (SSSR count). The van der Waals surface area contributed by atoms with Crippen LogP contribution in [-0.4, -0.2) is 69.6 Å². The summed E-state index contributed by atoms with van der Waals surface area (Å²) in [6.45, 7) is 0.489. The summed E-state index contributed by atoms with van der Waals surface area (Å²) in [4.78, 5) is 34.4. The molecule has 0 bridgehead atoms. The van der Waals surface area contributed by atoms with Crippen LogP contribution in [0.3, 0.4) is 0 Å². The Labute approximate surface area is 202 Å². The van der Waals surface area contributed by atoms with E-state index >= 15 is 0 Å². The molecule has 5 atom stereocenters. The Morgan fingerprint density at radius 2 is 2.03 bits per heavy atom. The van der Waals surface area contributed by atoms with E-state index in [-0.39, 0.29) is 35.8 Å².